The van der Waals surface area contributed by atoms with Crippen LogP contribution in [0.4, 0.5) is 0 Å². The Bertz CT molecular complexity index is 1080. The van der Waals surface area contributed by atoms with E-state index in [0.29, 0.717) is 17.3 Å². The third-order valence-corrected chi connectivity index (χ3v) is 4.89. The van der Waals surface area contributed by atoms with E-state index in [1.165, 1.54) is 4.57 Å². The summed E-state index contributed by atoms with van der Waals surface area (Å²) in [5.74, 6) is 0.316. The Balaban J connectivity index is 1.57. The van der Waals surface area contributed by atoms with Gasteiger partial charge in [-0.15, -0.1) is 0 Å². The number of aromatic nitrogens is 2. The second-order valence-electron chi connectivity index (χ2n) is 7.80. The van der Waals surface area contributed by atoms with E-state index < -0.39 is 0 Å². The van der Waals surface area contributed by atoms with Crippen molar-refractivity contribution < 1.29 is 9.53 Å². The van der Waals surface area contributed by atoms with Gasteiger partial charge in [-0.05, 0) is 40.8 Å². The smallest absolute Gasteiger partial charge is 0.326 e. The maximum Gasteiger partial charge on any atom is 0.326 e. The van der Waals surface area contributed by atoms with Crippen molar-refractivity contribution in [3.8, 4) is 5.75 Å². The number of hydrogen-bond acceptors (Lipinski definition) is 3. The molecule has 7 heteroatoms. The summed E-state index contributed by atoms with van der Waals surface area (Å²) in [5, 5.41) is 3.44. The summed E-state index contributed by atoms with van der Waals surface area (Å²) in [6, 6.07) is 11.0. The summed E-state index contributed by atoms with van der Waals surface area (Å²) in [6.45, 7) is 6.51. The highest BCUT2D eigenvalue weighted by atomic mass is 35.5. The summed E-state index contributed by atoms with van der Waals surface area (Å²) in [7, 11) is 1.70. The number of benzene rings is 2. The van der Waals surface area contributed by atoms with E-state index in [-0.39, 0.29) is 23.6 Å². The Labute approximate surface area is 168 Å². The zero-order chi connectivity index (χ0) is 20.5. The molecule has 0 radical (unpaired) electrons. The van der Waals surface area contributed by atoms with Crippen molar-refractivity contribution >= 4 is 28.5 Å². The number of amides is 1. The van der Waals surface area contributed by atoms with Crippen LogP contribution in [0.2, 0.25) is 5.02 Å². The summed E-state index contributed by atoms with van der Waals surface area (Å²) in [6.07, 6.45) is 0. The predicted octanol–water partition coefficient (Wildman–Crippen LogP) is 3.51. The lowest BCUT2D eigenvalue weighted by atomic mass is 9.87. The van der Waals surface area contributed by atoms with Crippen LogP contribution >= 0.6 is 11.6 Å². The van der Waals surface area contributed by atoms with E-state index in [4.69, 9.17) is 16.3 Å². The lowest BCUT2D eigenvalue weighted by Gasteiger charge is -2.21. The van der Waals surface area contributed by atoms with Crippen molar-refractivity contribution in [2.24, 2.45) is 7.05 Å². The molecule has 148 valence electrons. The van der Waals surface area contributed by atoms with Gasteiger partial charge in [-0.3, -0.25) is 9.36 Å². The van der Waals surface area contributed by atoms with E-state index in [2.05, 4.69) is 31.1 Å². The maximum absolute atomic E-state index is 12.1. The van der Waals surface area contributed by atoms with Crippen LogP contribution in [0, 0.1) is 0 Å². The third kappa shape index (κ3) is 4.39. The van der Waals surface area contributed by atoms with Gasteiger partial charge in [0.1, 0.15) is 5.75 Å². The molecule has 2 aromatic carbocycles. The average molecular weight is 402 g/mol. The van der Waals surface area contributed by atoms with Gasteiger partial charge in [0.15, 0.2) is 6.61 Å². The molecule has 0 saturated heterocycles. The van der Waals surface area contributed by atoms with E-state index >= 15 is 0 Å². The SMILES string of the molecule is Cn1c(=O)[nH]c2ccc(CNC(=O)COc3ccc(C(C)(C)C)c(Cl)c3)cc21. The average Bonchev–Trinajstić information content (AvgIpc) is 2.91. The number of ether oxygens (including phenoxy) is 1. The minimum absolute atomic E-state index is 0.0585. The third-order valence-electron chi connectivity index (χ3n) is 4.58. The molecule has 6 nitrogen and oxygen atoms in total. The number of carbonyl (C=O) groups is 1. The van der Waals surface area contributed by atoms with E-state index in [9.17, 15) is 9.59 Å². The van der Waals surface area contributed by atoms with Gasteiger partial charge in [0.25, 0.3) is 5.91 Å². The molecule has 3 aromatic rings. The second kappa shape index (κ2) is 7.72. The van der Waals surface area contributed by atoms with Crippen molar-refractivity contribution in [3.05, 3.63) is 63.0 Å². The van der Waals surface area contributed by atoms with Crippen LogP contribution in [0.5, 0.6) is 5.75 Å². The minimum atomic E-state index is -0.237. The Morgan fingerprint density at radius 1 is 1.21 bits per heavy atom. The fourth-order valence-electron chi connectivity index (χ4n) is 2.97. The monoisotopic (exact) mass is 401 g/mol. The Morgan fingerprint density at radius 2 is 1.96 bits per heavy atom. The van der Waals surface area contributed by atoms with Gasteiger partial charge < -0.3 is 15.0 Å². The molecule has 0 unspecified atom stereocenters. The Hall–Kier alpha value is -2.73. The number of carbonyl (C=O) groups excluding carboxylic acids is 1. The zero-order valence-corrected chi connectivity index (χ0v) is 17.2. The van der Waals surface area contributed by atoms with Gasteiger partial charge in [-0.2, -0.15) is 0 Å². The summed E-state index contributed by atoms with van der Waals surface area (Å²) < 4.78 is 7.09. The lowest BCUT2D eigenvalue weighted by molar-refractivity contribution is -0.123. The minimum Gasteiger partial charge on any atom is -0.484 e. The molecule has 2 N–H and O–H groups in total. The van der Waals surface area contributed by atoms with Crippen LogP contribution in [0.1, 0.15) is 31.9 Å². The number of nitrogens with one attached hydrogen (secondary N) is 2. The molecule has 1 amide bonds. The maximum atomic E-state index is 12.1. The number of H-pyrrole nitrogens is 1. The van der Waals surface area contributed by atoms with E-state index in [1.54, 1.807) is 13.1 Å². The first kappa shape index (κ1) is 20.0. The molecule has 0 aliphatic carbocycles. The normalized spacial score (nSPS) is 11.6. The van der Waals surface area contributed by atoms with Crippen molar-refractivity contribution in [1.29, 1.82) is 0 Å². The van der Waals surface area contributed by atoms with E-state index in [0.717, 1.165) is 22.2 Å². The topological polar surface area (TPSA) is 76.1 Å². The molecular weight excluding hydrogens is 378 g/mol. The first-order chi connectivity index (χ1) is 13.1. The summed E-state index contributed by atoms with van der Waals surface area (Å²) >= 11 is 6.33. The van der Waals surface area contributed by atoms with E-state index in [1.807, 2.05) is 30.3 Å². The highest BCUT2D eigenvalue weighted by Gasteiger charge is 2.17. The van der Waals surface area contributed by atoms with Gasteiger partial charge >= 0.3 is 5.69 Å². The fraction of sp³-hybridized carbons (Fsp3) is 0.333. The van der Waals surface area contributed by atoms with Crippen molar-refractivity contribution in [2.45, 2.75) is 32.7 Å². The van der Waals surface area contributed by atoms with Gasteiger partial charge in [0.05, 0.1) is 11.0 Å². The molecule has 0 aliphatic rings. The number of rotatable bonds is 5. The van der Waals surface area contributed by atoms with Gasteiger partial charge in [0.2, 0.25) is 0 Å². The van der Waals surface area contributed by atoms with Crippen LogP contribution in [0.25, 0.3) is 11.0 Å². The molecule has 0 aliphatic heterocycles. The van der Waals surface area contributed by atoms with Crippen LogP contribution in [-0.4, -0.2) is 22.1 Å². The first-order valence-corrected chi connectivity index (χ1v) is 9.40. The van der Waals surface area contributed by atoms with Crippen molar-refractivity contribution in [2.75, 3.05) is 6.61 Å². The van der Waals surface area contributed by atoms with Crippen LogP contribution in [0.15, 0.2) is 41.2 Å². The molecule has 0 saturated carbocycles. The molecule has 0 spiro atoms. The molecule has 1 heterocycles. The fourth-order valence-corrected chi connectivity index (χ4v) is 3.43. The van der Waals surface area contributed by atoms with Crippen molar-refractivity contribution in [1.82, 2.24) is 14.9 Å². The molecule has 0 bridgehead atoms. The molecule has 0 atom stereocenters. The number of nitrogens with zero attached hydrogens (tertiary/aromatic N) is 1. The van der Waals surface area contributed by atoms with Gasteiger partial charge in [-0.25, -0.2) is 4.79 Å². The molecule has 3 rings (SSSR count). The highest BCUT2D eigenvalue weighted by Crippen LogP contribution is 2.32. The number of imidazole rings is 1. The predicted molar refractivity (Wildman–Crippen MR) is 111 cm³/mol. The lowest BCUT2D eigenvalue weighted by Crippen LogP contribution is -2.28. The Morgan fingerprint density at radius 3 is 2.64 bits per heavy atom. The standard InChI is InChI=1S/C21H24ClN3O3/c1-21(2,3)15-7-6-14(10-16(15)22)28-12-19(26)23-11-13-5-8-17-18(9-13)25(4)20(27)24-17/h5-10H,11-12H2,1-4H3,(H,23,26)(H,24,27). The van der Waals surface area contributed by atoms with Crippen LogP contribution in [-0.2, 0) is 23.8 Å². The molecular formula is C21H24ClN3O3. The second-order valence-corrected chi connectivity index (χ2v) is 8.20. The Kier molecular flexibility index (Phi) is 5.52. The van der Waals surface area contributed by atoms with Gasteiger partial charge in [0, 0.05) is 18.6 Å². The zero-order valence-electron chi connectivity index (χ0n) is 16.4. The number of halogens is 1. The number of aromatic amines is 1. The first-order valence-electron chi connectivity index (χ1n) is 9.02. The van der Waals surface area contributed by atoms with Crippen LogP contribution in [0.3, 0.4) is 0 Å². The molecule has 0 fully saturated rings. The van der Waals surface area contributed by atoms with Crippen LogP contribution < -0.4 is 15.7 Å². The quantitative estimate of drug-likeness (QED) is 0.686. The number of fused-ring (bicyclic) bond motifs is 1. The summed E-state index contributed by atoms with van der Waals surface area (Å²) in [4.78, 5) is 26.5. The largest absolute Gasteiger partial charge is 0.484 e. The summed E-state index contributed by atoms with van der Waals surface area (Å²) in [5.41, 5.74) is 3.26. The molecule has 1 aromatic heterocycles. The van der Waals surface area contributed by atoms with Gasteiger partial charge in [-0.1, -0.05) is 44.5 Å². The van der Waals surface area contributed by atoms with Crippen molar-refractivity contribution in [3.63, 3.8) is 0 Å². The molecule has 28 heavy (non-hydrogen) atoms. The number of aryl methyl sites for hydroxylation is 1. The highest BCUT2D eigenvalue weighted by molar-refractivity contribution is 6.31. The number of hydrogen-bond donors (Lipinski definition) is 2.